The SMILES string of the molecule is CC(=O)OCC[C@]1(C)[C@@H]([C@H](C)[C@@H](C[C@H](C)C(C)C)OC(C)=O)CC[C@H]1C1=C[C@@H](O)[C@@]2(O)C[C@@H](O)CC[C@]2(C)C1=O. The van der Waals surface area contributed by atoms with Crippen LogP contribution in [0, 0.1) is 40.4 Å². The summed E-state index contributed by atoms with van der Waals surface area (Å²) in [4.78, 5) is 38.0. The highest BCUT2D eigenvalue weighted by atomic mass is 16.5. The van der Waals surface area contributed by atoms with Crippen molar-refractivity contribution in [1.82, 2.24) is 0 Å². The molecule has 0 unspecified atom stereocenters. The smallest absolute Gasteiger partial charge is 0.302 e. The second kappa shape index (κ2) is 12.2. The minimum Gasteiger partial charge on any atom is -0.466 e. The number of rotatable bonds is 10. The van der Waals surface area contributed by atoms with Gasteiger partial charge >= 0.3 is 11.9 Å². The fourth-order valence-electron chi connectivity index (χ4n) is 7.99. The Kier molecular flexibility index (Phi) is 10.0. The molecule has 10 atom stereocenters. The highest BCUT2D eigenvalue weighted by Gasteiger charge is 2.63. The lowest BCUT2D eigenvalue weighted by Gasteiger charge is -2.54. The number of ether oxygens (including phenoxy) is 2. The summed E-state index contributed by atoms with van der Waals surface area (Å²) in [6.07, 6.45) is 2.52. The predicted octanol–water partition coefficient (Wildman–Crippen LogP) is 4.37. The average Bonchev–Trinajstić information content (AvgIpc) is 3.18. The zero-order chi connectivity index (χ0) is 30.2. The molecule has 228 valence electrons. The first-order valence-electron chi connectivity index (χ1n) is 15.1. The minimum absolute atomic E-state index is 0.0148. The van der Waals surface area contributed by atoms with Crippen LogP contribution >= 0.6 is 0 Å². The Morgan fingerprint density at radius 1 is 1.05 bits per heavy atom. The molecule has 8 heteroatoms. The van der Waals surface area contributed by atoms with Gasteiger partial charge in [-0.25, -0.2) is 0 Å². The van der Waals surface area contributed by atoms with Crippen LogP contribution in [0.2, 0.25) is 0 Å². The van der Waals surface area contributed by atoms with Crippen LogP contribution in [0.4, 0.5) is 0 Å². The summed E-state index contributed by atoms with van der Waals surface area (Å²) in [6.45, 7) is 15.5. The van der Waals surface area contributed by atoms with Crippen LogP contribution in [0.1, 0.15) is 100 Å². The second-order valence-corrected chi connectivity index (χ2v) is 13.8. The number of ketones is 1. The van der Waals surface area contributed by atoms with Gasteiger partial charge in [0.2, 0.25) is 0 Å². The van der Waals surface area contributed by atoms with Gasteiger partial charge in [-0.1, -0.05) is 34.6 Å². The number of aliphatic hydroxyl groups is 3. The molecule has 0 aromatic carbocycles. The fraction of sp³-hybridized carbons (Fsp3) is 0.844. The Morgan fingerprint density at radius 3 is 2.27 bits per heavy atom. The third-order valence-electron chi connectivity index (χ3n) is 11.1. The van der Waals surface area contributed by atoms with Crippen molar-refractivity contribution in [2.45, 2.75) is 124 Å². The number of carbonyl (C=O) groups excluding carboxylic acids is 3. The minimum atomic E-state index is -1.72. The zero-order valence-corrected chi connectivity index (χ0v) is 25.7. The first-order chi connectivity index (χ1) is 18.5. The molecule has 0 radical (unpaired) electrons. The van der Waals surface area contributed by atoms with E-state index >= 15 is 0 Å². The standard InChI is InChI=1S/C32H52O8/c1-18(2)19(3)15-27(40-22(6)34)20(4)25-9-10-26(30(25,7)13-14-39-21(5)33)24-16-28(36)32(38)17-23(35)11-12-31(32,8)29(24)37/h16,18-20,23,25-28,35-36,38H,9-15,17H2,1-8H3/t19-,20-,23-,25+,26-,27+,28+,30+,31+,32-/m0/s1. The number of allylic oxidation sites excluding steroid dienone is 1. The lowest BCUT2D eigenvalue weighted by atomic mass is 9.53. The molecule has 2 saturated carbocycles. The van der Waals surface area contributed by atoms with E-state index in [1.807, 2.05) is 0 Å². The van der Waals surface area contributed by atoms with Gasteiger partial charge in [0.25, 0.3) is 0 Å². The molecule has 3 rings (SSSR count). The molecular formula is C32H52O8. The number of aliphatic hydroxyl groups excluding tert-OH is 2. The average molecular weight is 565 g/mol. The number of carbonyl (C=O) groups is 3. The van der Waals surface area contributed by atoms with Crippen LogP contribution in [0.3, 0.4) is 0 Å². The molecule has 8 nitrogen and oxygen atoms in total. The third-order valence-corrected chi connectivity index (χ3v) is 11.1. The van der Waals surface area contributed by atoms with Gasteiger partial charge in [-0.3, -0.25) is 14.4 Å². The Balaban J connectivity index is 2.01. The second-order valence-electron chi connectivity index (χ2n) is 13.8. The molecule has 40 heavy (non-hydrogen) atoms. The van der Waals surface area contributed by atoms with Crippen molar-refractivity contribution >= 4 is 17.7 Å². The van der Waals surface area contributed by atoms with Crippen molar-refractivity contribution in [1.29, 1.82) is 0 Å². The summed E-state index contributed by atoms with van der Waals surface area (Å²) in [6, 6.07) is 0. The van der Waals surface area contributed by atoms with Gasteiger partial charge in [-0.05, 0) is 92.1 Å². The monoisotopic (exact) mass is 564 g/mol. The quantitative estimate of drug-likeness (QED) is 0.334. The number of Topliss-reactive ketones (excluding diaryl/α,β-unsaturated/α-hetero) is 1. The molecular weight excluding hydrogens is 512 g/mol. The lowest BCUT2D eigenvalue weighted by Crippen LogP contribution is -2.65. The molecule has 0 heterocycles. The van der Waals surface area contributed by atoms with E-state index in [9.17, 15) is 29.7 Å². The van der Waals surface area contributed by atoms with Crippen molar-refractivity contribution in [2.24, 2.45) is 40.4 Å². The topological polar surface area (TPSA) is 130 Å². The molecule has 0 aliphatic heterocycles. The van der Waals surface area contributed by atoms with E-state index in [0.717, 1.165) is 12.8 Å². The number of hydrogen-bond donors (Lipinski definition) is 3. The first-order valence-corrected chi connectivity index (χ1v) is 15.1. The Hall–Kier alpha value is -1.77. The third kappa shape index (κ3) is 6.05. The maximum atomic E-state index is 14.2. The van der Waals surface area contributed by atoms with Gasteiger partial charge in [0, 0.05) is 20.3 Å². The van der Waals surface area contributed by atoms with E-state index in [0.29, 0.717) is 36.7 Å². The maximum absolute atomic E-state index is 14.2. The largest absolute Gasteiger partial charge is 0.466 e. The van der Waals surface area contributed by atoms with Crippen LogP contribution in [0.15, 0.2) is 11.6 Å². The van der Waals surface area contributed by atoms with Crippen LogP contribution in [0.5, 0.6) is 0 Å². The Bertz CT molecular complexity index is 989. The number of esters is 2. The van der Waals surface area contributed by atoms with Crippen LogP contribution in [-0.2, 0) is 23.9 Å². The van der Waals surface area contributed by atoms with Crippen molar-refractivity contribution in [3.8, 4) is 0 Å². The van der Waals surface area contributed by atoms with Crippen molar-refractivity contribution in [2.75, 3.05) is 6.61 Å². The molecule has 0 aromatic heterocycles. The normalized spacial score (nSPS) is 38.3. The van der Waals surface area contributed by atoms with Crippen molar-refractivity contribution < 1.29 is 39.2 Å². The van der Waals surface area contributed by atoms with Crippen LogP contribution < -0.4 is 0 Å². The Morgan fingerprint density at radius 2 is 1.70 bits per heavy atom. The summed E-state index contributed by atoms with van der Waals surface area (Å²) >= 11 is 0. The molecule has 0 bridgehead atoms. The van der Waals surface area contributed by atoms with E-state index in [1.165, 1.54) is 19.9 Å². The number of hydrogen-bond acceptors (Lipinski definition) is 8. The van der Waals surface area contributed by atoms with Crippen LogP contribution in [0.25, 0.3) is 0 Å². The maximum Gasteiger partial charge on any atom is 0.302 e. The van der Waals surface area contributed by atoms with Gasteiger partial charge in [0.15, 0.2) is 5.78 Å². The Labute approximate surface area is 239 Å². The molecule has 0 spiro atoms. The molecule has 3 aliphatic carbocycles. The van der Waals surface area contributed by atoms with E-state index in [2.05, 4.69) is 34.6 Å². The van der Waals surface area contributed by atoms with Gasteiger partial charge in [-0.2, -0.15) is 0 Å². The van der Waals surface area contributed by atoms with Gasteiger partial charge in [0.1, 0.15) is 17.8 Å². The molecule has 3 N–H and O–H groups in total. The van der Waals surface area contributed by atoms with Crippen molar-refractivity contribution in [3.05, 3.63) is 11.6 Å². The highest BCUT2D eigenvalue weighted by Crippen LogP contribution is 2.60. The van der Waals surface area contributed by atoms with E-state index in [4.69, 9.17) is 9.47 Å². The van der Waals surface area contributed by atoms with E-state index < -0.39 is 28.6 Å². The summed E-state index contributed by atoms with van der Waals surface area (Å²) in [5.41, 5.74) is -2.90. The lowest BCUT2D eigenvalue weighted by molar-refractivity contribution is -0.191. The van der Waals surface area contributed by atoms with E-state index in [1.54, 1.807) is 6.92 Å². The first kappa shape index (κ1) is 32.7. The summed E-state index contributed by atoms with van der Waals surface area (Å²) < 4.78 is 11.3. The molecule has 3 aliphatic rings. The zero-order valence-electron chi connectivity index (χ0n) is 25.7. The summed E-state index contributed by atoms with van der Waals surface area (Å²) in [5, 5.41) is 33.0. The summed E-state index contributed by atoms with van der Waals surface area (Å²) in [7, 11) is 0. The van der Waals surface area contributed by atoms with Gasteiger partial charge in [-0.15, -0.1) is 0 Å². The number of fused-ring (bicyclic) bond motifs is 1. The van der Waals surface area contributed by atoms with E-state index in [-0.39, 0.29) is 61.0 Å². The van der Waals surface area contributed by atoms with Gasteiger partial charge in [0.05, 0.1) is 18.1 Å². The highest BCUT2D eigenvalue weighted by molar-refractivity contribution is 6.02. The molecule has 2 fully saturated rings. The molecule has 0 aromatic rings. The molecule has 0 amide bonds. The van der Waals surface area contributed by atoms with Crippen molar-refractivity contribution in [3.63, 3.8) is 0 Å². The molecule has 0 saturated heterocycles. The van der Waals surface area contributed by atoms with Gasteiger partial charge < -0.3 is 24.8 Å². The predicted molar refractivity (Wildman–Crippen MR) is 151 cm³/mol. The fourth-order valence-corrected chi connectivity index (χ4v) is 7.99. The summed E-state index contributed by atoms with van der Waals surface area (Å²) in [5.74, 6) is -0.272. The van der Waals surface area contributed by atoms with Crippen LogP contribution in [-0.4, -0.2) is 63.6 Å².